The maximum atomic E-state index is 5.34. The van der Waals surface area contributed by atoms with E-state index in [1.165, 1.54) is 37.7 Å². The molecule has 0 radical (unpaired) electrons. The molecule has 0 aromatic heterocycles. The van der Waals surface area contributed by atoms with E-state index in [2.05, 4.69) is 56.2 Å². The number of nitrogens with one attached hydrogen (secondary N) is 1. The first kappa shape index (κ1) is 16.3. The average Bonchev–Trinajstić information content (AvgIpc) is 2.45. The van der Waals surface area contributed by atoms with E-state index in [4.69, 9.17) is 4.74 Å². The van der Waals surface area contributed by atoms with Gasteiger partial charge >= 0.3 is 0 Å². The molecule has 0 heterocycles. The minimum Gasteiger partial charge on any atom is -0.494 e. The fourth-order valence-corrected chi connectivity index (χ4v) is 4.55. The van der Waals surface area contributed by atoms with Gasteiger partial charge in [0.2, 0.25) is 0 Å². The topological polar surface area (TPSA) is 21.3 Å². The molecule has 1 saturated carbocycles. The highest BCUT2D eigenvalue weighted by molar-refractivity contribution is 9.11. The lowest BCUT2D eigenvalue weighted by molar-refractivity contribution is 0.285. The summed E-state index contributed by atoms with van der Waals surface area (Å²) >= 11 is 7.12. The molecule has 1 aliphatic rings. The van der Waals surface area contributed by atoms with E-state index in [1.54, 1.807) is 7.11 Å². The Morgan fingerprint density at radius 1 is 1.15 bits per heavy atom. The van der Waals surface area contributed by atoms with Gasteiger partial charge in [-0.2, -0.15) is 0 Å². The van der Waals surface area contributed by atoms with Crippen molar-refractivity contribution in [3.05, 3.63) is 26.6 Å². The monoisotopic (exact) mass is 403 g/mol. The molecule has 112 valence electrons. The first-order valence-corrected chi connectivity index (χ1v) is 8.98. The van der Waals surface area contributed by atoms with E-state index in [9.17, 15) is 0 Å². The highest BCUT2D eigenvalue weighted by atomic mass is 79.9. The predicted octanol–water partition coefficient (Wildman–Crippen LogP) is 5.28. The summed E-state index contributed by atoms with van der Waals surface area (Å²) in [6, 6.07) is 4.94. The van der Waals surface area contributed by atoms with Crippen LogP contribution in [0, 0.1) is 5.92 Å². The van der Waals surface area contributed by atoms with Crippen molar-refractivity contribution in [3.63, 3.8) is 0 Å². The summed E-state index contributed by atoms with van der Waals surface area (Å²) < 4.78 is 7.34. The number of methoxy groups -OCH3 is 1. The van der Waals surface area contributed by atoms with Gasteiger partial charge in [-0.25, -0.2) is 0 Å². The van der Waals surface area contributed by atoms with Crippen LogP contribution in [0.4, 0.5) is 0 Å². The lowest BCUT2D eigenvalue weighted by Gasteiger charge is -2.28. The van der Waals surface area contributed by atoms with Gasteiger partial charge in [0, 0.05) is 12.6 Å². The molecule has 0 unspecified atom stereocenters. The highest BCUT2D eigenvalue weighted by Gasteiger charge is 2.19. The first-order chi connectivity index (χ1) is 9.63. The maximum absolute atomic E-state index is 5.34. The van der Waals surface area contributed by atoms with E-state index in [0.717, 1.165) is 27.2 Å². The van der Waals surface area contributed by atoms with E-state index in [-0.39, 0.29) is 0 Å². The third-order valence-corrected chi connectivity index (χ3v) is 5.46. The van der Waals surface area contributed by atoms with Crippen molar-refractivity contribution in [1.29, 1.82) is 0 Å². The van der Waals surface area contributed by atoms with Gasteiger partial charge in [0.1, 0.15) is 5.75 Å². The lowest BCUT2D eigenvalue weighted by atomic mass is 9.84. The smallest absolute Gasteiger partial charge is 0.147 e. The lowest BCUT2D eigenvalue weighted by Crippen LogP contribution is -2.32. The molecule has 1 N–H and O–H groups in total. The fraction of sp³-hybridized carbons (Fsp3) is 0.625. The Kier molecular flexibility index (Phi) is 6.37. The summed E-state index contributed by atoms with van der Waals surface area (Å²) in [5.74, 6) is 1.81. The van der Waals surface area contributed by atoms with Gasteiger partial charge < -0.3 is 10.1 Å². The summed E-state index contributed by atoms with van der Waals surface area (Å²) in [5.41, 5.74) is 1.28. The van der Waals surface area contributed by atoms with Gasteiger partial charge in [-0.3, -0.25) is 0 Å². The number of hydrogen-bond acceptors (Lipinski definition) is 2. The Balaban J connectivity index is 1.88. The normalized spacial score (nSPS) is 22.8. The molecule has 0 bridgehead atoms. The Bertz CT molecular complexity index is 419. The number of halogens is 2. The molecule has 1 aliphatic carbocycles. The highest BCUT2D eigenvalue weighted by Crippen LogP contribution is 2.34. The molecule has 20 heavy (non-hydrogen) atoms. The van der Waals surface area contributed by atoms with Crippen molar-refractivity contribution in [2.24, 2.45) is 5.92 Å². The quantitative estimate of drug-likeness (QED) is 0.720. The summed E-state index contributed by atoms with van der Waals surface area (Å²) in [4.78, 5) is 0. The third kappa shape index (κ3) is 4.22. The van der Waals surface area contributed by atoms with Gasteiger partial charge in [0.05, 0.1) is 16.1 Å². The zero-order chi connectivity index (χ0) is 14.5. The molecular formula is C16H23Br2NO. The van der Waals surface area contributed by atoms with Crippen molar-refractivity contribution in [2.45, 2.75) is 51.6 Å². The fourth-order valence-electron chi connectivity index (χ4n) is 2.95. The van der Waals surface area contributed by atoms with Crippen LogP contribution in [0.2, 0.25) is 0 Å². The van der Waals surface area contributed by atoms with Gasteiger partial charge in [0.25, 0.3) is 0 Å². The molecule has 1 aromatic carbocycles. The number of benzene rings is 1. The van der Waals surface area contributed by atoms with Crippen molar-refractivity contribution in [3.8, 4) is 5.75 Å². The number of hydrogen-bond donors (Lipinski definition) is 1. The zero-order valence-electron chi connectivity index (χ0n) is 12.2. The SMILES string of the molecule is CCC1CCC(NCc2cc(Br)c(OC)c(Br)c2)CC1. The standard InChI is InChI=1S/C16H23Br2NO/c1-3-11-4-6-13(7-5-11)19-10-12-8-14(17)16(20-2)15(18)9-12/h8-9,11,13,19H,3-7,10H2,1-2H3. The zero-order valence-corrected chi connectivity index (χ0v) is 15.4. The third-order valence-electron chi connectivity index (χ3n) is 4.28. The van der Waals surface area contributed by atoms with Crippen LogP contribution >= 0.6 is 31.9 Å². The summed E-state index contributed by atoms with van der Waals surface area (Å²) in [6.07, 6.45) is 6.73. The molecule has 4 heteroatoms. The summed E-state index contributed by atoms with van der Waals surface area (Å²) in [5, 5.41) is 3.69. The van der Waals surface area contributed by atoms with Gasteiger partial charge in [-0.05, 0) is 81.2 Å². The van der Waals surface area contributed by atoms with Crippen LogP contribution in [0.5, 0.6) is 5.75 Å². The molecule has 1 fully saturated rings. The molecule has 0 aliphatic heterocycles. The van der Waals surface area contributed by atoms with E-state index in [1.807, 2.05) is 0 Å². The maximum Gasteiger partial charge on any atom is 0.147 e. The van der Waals surface area contributed by atoms with Crippen LogP contribution in [0.1, 0.15) is 44.6 Å². The molecule has 2 rings (SSSR count). The second-order valence-electron chi connectivity index (χ2n) is 5.60. The van der Waals surface area contributed by atoms with Crippen LogP contribution in [-0.2, 0) is 6.54 Å². The van der Waals surface area contributed by atoms with E-state index < -0.39 is 0 Å². The van der Waals surface area contributed by atoms with Crippen LogP contribution in [0.15, 0.2) is 21.1 Å². The van der Waals surface area contributed by atoms with Crippen LogP contribution in [0.25, 0.3) is 0 Å². The molecule has 1 aromatic rings. The van der Waals surface area contributed by atoms with Crippen molar-refractivity contribution < 1.29 is 4.74 Å². The van der Waals surface area contributed by atoms with E-state index >= 15 is 0 Å². The predicted molar refractivity (Wildman–Crippen MR) is 91.3 cm³/mol. The van der Waals surface area contributed by atoms with Crippen LogP contribution < -0.4 is 10.1 Å². The Morgan fingerprint density at radius 2 is 1.75 bits per heavy atom. The average molecular weight is 405 g/mol. The minimum absolute atomic E-state index is 0.678. The van der Waals surface area contributed by atoms with Crippen molar-refractivity contribution >= 4 is 31.9 Å². The molecule has 0 atom stereocenters. The van der Waals surface area contributed by atoms with Crippen molar-refractivity contribution in [2.75, 3.05) is 7.11 Å². The summed E-state index contributed by atoms with van der Waals surface area (Å²) in [6.45, 7) is 3.23. The van der Waals surface area contributed by atoms with Crippen LogP contribution in [-0.4, -0.2) is 13.2 Å². The largest absolute Gasteiger partial charge is 0.494 e. The second-order valence-corrected chi connectivity index (χ2v) is 7.31. The van der Waals surface area contributed by atoms with Gasteiger partial charge in [-0.1, -0.05) is 13.3 Å². The van der Waals surface area contributed by atoms with E-state index in [0.29, 0.717) is 6.04 Å². The second kappa shape index (κ2) is 7.81. The Labute approximate surface area is 138 Å². The van der Waals surface area contributed by atoms with Gasteiger partial charge in [-0.15, -0.1) is 0 Å². The van der Waals surface area contributed by atoms with Crippen LogP contribution in [0.3, 0.4) is 0 Å². The Hall–Kier alpha value is -0.0600. The first-order valence-electron chi connectivity index (χ1n) is 7.39. The minimum atomic E-state index is 0.678. The molecule has 0 spiro atoms. The molecule has 2 nitrogen and oxygen atoms in total. The molecule has 0 amide bonds. The molecule has 0 saturated heterocycles. The summed E-state index contributed by atoms with van der Waals surface area (Å²) in [7, 11) is 1.69. The Morgan fingerprint density at radius 3 is 2.25 bits per heavy atom. The molecular weight excluding hydrogens is 382 g/mol. The number of rotatable bonds is 5. The van der Waals surface area contributed by atoms with Gasteiger partial charge in [0.15, 0.2) is 0 Å². The van der Waals surface area contributed by atoms with Crippen molar-refractivity contribution in [1.82, 2.24) is 5.32 Å². The number of ether oxygens (including phenoxy) is 1.